The van der Waals surface area contributed by atoms with Gasteiger partial charge in [-0.15, -0.1) is 0 Å². The lowest BCUT2D eigenvalue weighted by Crippen LogP contribution is -2.32. The van der Waals surface area contributed by atoms with Crippen LogP contribution in [0, 0.1) is 0 Å². The Balaban J connectivity index is 2.16. The van der Waals surface area contributed by atoms with E-state index in [4.69, 9.17) is 33.7 Å². The summed E-state index contributed by atoms with van der Waals surface area (Å²) in [5.74, 6) is 1.33. The van der Waals surface area contributed by atoms with Crippen molar-refractivity contribution in [2.75, 3.05) is 0 Å². The maximum Gasteiger partial charge on any atom is 0.141 e. The molecule has 0 saturated carbocycles. The van der Waals surface area contributed by atoms with Crippen LogP contribution in [-0.4, -0.2) is 5.00 Å². The largest absolute Gasteiger partial charge is 0.456 e. The fourth-order valence-corrected chi connectivity index (χ4v) is 1.98. The van der Waals surface area contributed by atoms with Crippen molar-refractivity contribution in [3.05, 3.63) is 53.3 Å². The van der Waals surface area contributed by atoms with Crippen molar-refractivity contribution in [2.45, 2.75) is 11.4 Å². The Morgan fingerprint density at radius 3 is 2.56 bits per heavy atom. The molecule has 1 aliphatic rings. The van der Waals surface area contributed by atoms with E-state index in [1.165, 1.54) is 0 Å². The number of para-hydroxylation sites is 1. The minimum Gasteiger partial charge on any atom is -0.456 e. The van der Waals surface area contributed by atoms with Crippen molar-refractivity contribution in [3.63, 3.8) is 0 Å². The summed E-state index contributed by atoms with van der Waals surface area (Å²) in [5, 5.41) is 0.531. The molecule has 0 saturated heterocycles. The summed E-state index contributed by atoms with van der Waals surface area (Å²) in [6.45, 7) is 0. The van der Waals surface area contributed by atoms with E-state index in [9.17, 15) is 0 Å². The average molecular weight is 256 g/mol. The summed E-state index contributed by atoms with van der Waals surface area (Å²) in [4.78, 5) is -0.902. The Kier molecular flexibility index (Phi) is 3.24. The van der Waals surface area contributed by atoms with Gasteiger partial charge in [-0.3, -0.25) is 0 Å². The highest BCUT2D eigenvalue weighted by molar-refractivity contribution is 6.32. The number of nitrogens with two attached hydrogens (primary N) is 1. The van der Waals surface area contributed by atoms with Crippen molar-refractivity contribution in [3.8, 4) is 5.75 Å². The molecule has 2 N–H and O–H groups in total. The second kappa shape index (κ2) is 4.50. The minimum absolute atomic E-state index is 0.370. The summed E-state index contributed by atoms with van der Waals surface area (Å²) < 4.78 is 5.61. The van der Waals surface area contributed by atoms with Gasteiger partial charge in [0.05, 0.1) is 5.03 Å². The second-order valence-electron chi connectivity index (χ2n) is 3.62. The third-order valence-corrected chi connectivity index (χ3v) is 2.76. The van der Waals surface area contributed by atoms with Crippen LogP contribution in [0.4, 0.5) is 0 Å². The average Bonchev–Trinajstić information content (AvgIpc) is 2.23. The highest BCUT2D eigenvalue weighted by Gasteiger charge is 2.25. The van der Waals surface area contributed by atoms with Gasteiger partial charge in [0, 0.05) is 6.42 Å². The summed E-state index contributed by atoms with van der Waals surface area (Å²) in [7, 11) is 0. The van der Waals surface area contributed by atoms with Crippen LogP contribution in [0.2, 0.25) is 0 Å². The fourth-order valence-electron chi connectivity index (χ4n) is 1.39. The Morgan fingerprint density at radius 2 is 1.94 bits per heavy atom. The van der Waals surface area contributed by atoms with Gasteiger partial charge in [-0.1, -0.05) is 41.4 Å². The number of alkyl halides is 1. The van der Waals surface area contributed by atoms with Gasteiger partial charge in [-0.25, -0.2) is 0 Å². The number of hydrogen-bond donors (Lipinski definition) is 1. The first-order valence-electron chi connectivity index (χ1n) is 4.85. The Morgan fingerprint density at radius 1 is 1.25 bits per heavy atom. The van der Waals surface area contributed by atoms with Crippen molar-refractivity contribution >= 4 is 23.2 Å². The molecule has 1 aromatic rings. The van der Waals surface area contributed by atoms with E-state index in [1.807, 2.05) is 30.3 Å². The smallest absolute Gasteiger partial charge is 0.141 e. The molecule has 1 aliphatic carbocycles. The van der Waals surface area contributed by atoms with E-state index in [1.54, 1.807) is 12.2 Å². The molecule has 2 rings (SSSR count). The van der Waals surface area contributed by atoms with Crippen molar-refractivity contribution < 1.29 is 4.74 Å². The topological polar surface area (TPSA) is 35.2 Å². The van der Waals surface area contributed by atoms with Crippen LogP contribution in [0.1, 0.15) is 6.42 Å². The minimum atomic E-state index is -0.902. The van der Waals surface area contributed by atoms with Crippen LogP contribution in [0.15, 0.2) is 53.3 Å². The monoisotopic (exact) mass is 255 g/mol. The molecule has 0 amide bonds. The van der Waals surface area contributed by atoms with Crippen molar-refractivity contribution in [2.24, 2.45) is 5.73 Å². The number of allylic oxidation sites excluding steroid dienone is 1. The Hall–Kier alpha value is -0.960. The Labute approximate surface area is 104 Å². The van der Waals surface area contributed by atoms with E-state index in [0.717, 1.165) is 5.75 Å². The molecule has 16 heavy (non-hydrogen) atoms. The first-order valence-corrected chi connectivity index (χ1v) is 5.61. The first kappa shape index (κ1) is 11.5. The standard InChI is InChI=1S/C12H11Cl2NO/c13-10-8-12(14,15)7-6-11(10)16-9-4-2-1-3-5-9/h1-7H,8,15H2/t12-/m0/s1. The van der Waals surface area contributed by atoms with Crippen LogP contribution in [0.3, 0.4) is 0 Å². The zero-order chi connectivity index (χ0) is 11.6. The molecule has 0 radical (unpaired) electrons. The molecule has 84 valence electrons. The molecule has 0 fully saturated rings. The highest BCUT2D eigenvalue weighted by atomic mass is 35.5. The fraction of sp³-hybridized carbons (Fsp3) is 0.167. The van der Waals surface area contributed by atoms with Gasteiger partial charge < -0.3 is 10.5 Å². The molecule has 2 nitrogen and oxygen atoms in total. The van der Waals surface area contributed by atoms with Gasteiger partial charge >= 0.3 is 0 Å². The van der Waals surface area contributed by atoms with Crippen LogP contribution >= 0.6 is 23.2 Å². The van der Waals surface area contributed by atoms with E-state index < -0.39 is 5.00 Å². The van der Waals surface area contributed by atoms with Crippen LogP contribution in [0.5, 0.6) is 5.75 Å². The molecular weight excluding hydrogens is 245 g/mol. The number of rotatable bonds is 2. The lowest BCUT2D eigenvalue weighted by molar-refractivity contribution is 0.433. The summed E-state index contributed by atoms with van der Waals surface area (Å²) in [6.07, 6.45) is 3.75. The molecule has 0 aromatic heterocycles. The predicted molar refractivity (Wildman–Crippen MR) is 66.5 cm³/mol. The molecule has 0 bridgehead atoms. The normalized spacial score (nSPS) is 24.7. The number of halogens is 2. The SMILES string of the molecule is N[C@@]1(Cl)C=CC(Oc2ccccc2)=C(Cl)C1. The van der Waals surface area contributed by atoms with Gasteiger partial charge in [-0.2, -0.15) is 0 Å². The second-order valence-corrected chi connectivity index (χ2v) is 4.78. The summed E-state index contributed by atoms with van der Waals surface area (Å²) >= 11 is 12.0. The zero-order valence-corrected chi connectivity index (χ0v) is 10.0. The van der Waals surface area contributed by atoms with Gasteiger partial charge in [-0.05, 0) is 24.3 Å². The van der Waals surface area contributed by atoms with Gasteiger partial charge in [0.2, 0.25) is 0 Å². The zero-order valence-electron chi connectivity index (χ0n) is 8.49. The number of hydrogen-bond acceptors (Lipinski definition) is 2. The van der Waals surface area contributed by atoms with E-state index in [-0.39, 0.29) is 0 Å². The highest BCUT2D eigenvalue weighted by Crippen LogP contribution is 2.31. The lowest BCUT2D eigenvalue weighted by Gasteiger charge is -2.22. The van der Waals surface area contributed by atoms with Crippen LogP contribution < -0.4 is 10.5 Å². The molecule has 0 unspecified atom stereocenters. The third kappa shape index (κ3) is 2.79. The summed E-state index contributed by atoms with van der Waals surface area (Å²) in [6, 6.07) is 9.42. The first-order chi connectivity index (χ1) is 7.57. The third-order valence-electron chi connectivity index (χ3n) is 2.18. The molecule has 1 aromatic carbocycles. The van der Waals surface area contributed by atoms with Gasteiger partial charge in [0.15, 0.2) is 0 Å². The molecular formula is C12H11Cl2NO. The molecule has 4 heteroatoms. The lowest BCUT2D eigenvalue weighted by atomic mass is 10.1. The molecule has 0 spiro atoms. The van der Waals surface area contributed by atoms with Crippen molar-refractivity contribution in [1.29, 1.82) is 0 Å². The quantitative estimate of drug-likeness (QED) is 0.650. The molecule has 0 heterocycles. The maximum atomic E-state index is 6.06. The van der Waals surface area contributed by atoms with Crippen molar-refractivity contribution in [1.82, 2.24) is 0 Å². The maximum absolute atomic E-state index is 6.06. The Bertz CT molecular complexity index is 438. The van der Waals surface area contributed by atoms with Gasteiger partial charge in [0.25, 0.3) is 0 Å². The van der Waals surface area contributed by atoms with Gasteiger partial charge in [0.1, 0.15) is 16.5 Å². The summed E-state index contributed by atoms with van der Waals surface area (Å²) in [5.41, 5.74) is 5.73. The van der Waals surface area contributed by atoms with E-state index in [0.29, 0.717) is 17.2 Å². The number of ether oxygens (including phenoxy) is 1. The van der Waals surface area contributed by atoms with E-state index >= 15 is 0 Å². The molecule has 0 aliphatic heterocycles. The number of benzene rings is 1. The van der Waals surface area contributed by atoms with Crippen LogP contribution in [-0.2, 0) is 0 Å². The van der Waals surface area contributed by atoms with Crippen LogP contribution in [0.25, 0.3) is 0 Å². The predicted octanol–water partition coefficient (Wildman–Crippen LogP) is 3.37. The molecule has 1 atom stereocenters. The van der Waals surface area contributed by atoms with E-state index in [2.05, 4.69) is 0 Å².